The van der Waals surface area contributed by atoms with Crippen LogP contribution in [-0.2, 0) is 4.79 Å². The lowest BCUT2D eigenvalue weighted by Crippen LogP contribution is -2.20. The van der Waals surface area contributed by atoms with Gasteiger partial charge in [-0.3, -0.25) is 4.79 Å². The fourth-order valence-electron chi connectivity index (χ4n) is 1.71. The third-order valence-electron chi connectivity index (χ3n) is 2.46. The molecule has 1 aromatic rings. The van der Waals surface area contributed by atoms with Crippen molar-refractivity contribution in [2.24, 2.45) is 5.73 Å². The molecule has 1 unspecified atom stereocenters. The summed E-state index contributed by atoms with van der Waals surface area (Å²) in [6.07, 6.45) is 0. The molecule has 0 heterocycles. The van der Waals surface area contributed by atoms with Crippen LogP contribution in [0.1, 0.15) is 29.7 Å². The summed E-state index contributed by atoms with van der Waals surface area (Å²) < 4.78 is 5.25. The number of benzene rings is 1. The summed E-state index contributed by atoms with van der Waals surface area (Å²) in [6.45, 7) is 5.41. The molecule has 0 bridgehead atoms. The van der Waals surface area contributed by atoms with Crippen LogP contribution in [-0.4, -0.2) is 12.9 Å². The van der Waals surface area contributed by atoms with Gasteiger partial charge in [0.25, 0.3) is 0 Å². The molecular weight excluding hydrogens is 190 g/mol. The largest absolute Gasteiger partial charge is 0.496 e. The van der Waals surface area contributed by atoms with E-state index in [1.54, 1.807) is 7.11 Å². The molecular formula is C12H17NO2. The number of hydrogen-bond donors (Lipinski definition) is 1. The number of ether oxygens (including phenoxy) is 1. The first kappa shape index (κ1) is 11.7. The second-order valence-corrected chi connectivity index (χ2v) is 3.79. The van der Waals surface area contributed by atoms with Gasteiger partial charge in [-0.25, -0.2) is 0 Å². The highest BCUT2D eigenvalue weighted by atomic mass is 16.5. The molecule has 1 rings (SSSR count). The second-order valence-electron chi connectivity index (χ2n) is 3.79. The third-order valence-corrected chi connectivity index (χ3v) is 2.46. The van der Waals surface area contributed by atoms with Crippen molar-refractivity contribution in [1.82, 2.24) is 0 Å². The number of nitrogens with two attached hydrogens (primary N) is 1. The van der Waals surface area contributed by atoms with Crippen LogP contribution in [0, 0.1) is 13.8 Å². The number of hydrogen-bond acceptors (Lipinski definition) is 3. The fraction of sp³-hybridized carbons (Fsp3) is 0.417. The molecule has 0 aliphatic heterocycles. The number of methoxy groups -OCH3 is 1. The maximum Gasteiger partial charge on any atom is 0.151 e. The van der Waals surface area contributed by atoms with Gasteiger partial charge in [0.15, 0.2) is 5.78 Å². The van der Waals surface area contributed by atoms with E-state index in [9.17, 15) is 4.79 Å². The first-order valence-corrected chi connectivity index (χ1v) is 4.88. The summed E-state index contributed by atoms with van der Waals surface area (Å²) in [6, 6.07) is 3.30. The van der Waals surface area contributed by atoms with Crippen LogP contribution >= 0.6 is 0 Å². The normalized spacial score (nSPS) is 12.3. The monoisotopic (exact) mass is 207 g/mol. The first-order valence-electron chi connectivity index (χ1n) is 4.88. The number of carbonyl (C=O) groups excluding carboxylic acids is 1. The molecule has 0 fully saturated rings. The molecule has 0 amide bonds. The summed E-state index contributed by atoms with van der Waals surface area (Å²) in [5.41, 5.74) is 8.72. The van der Waals surface area contributed by atoms with Crippen LogP contribution in [0.15, 0.2) is 12.1 Å². The van der Waals surface area contributed by atoms with Crippen molar-refractivity contribution in [2.75, 3.05) is 7.11 Å². The first-order chi connectivity index (χ1) is 6.97. The zero-order valence-electron chi connectivity index (χ0n) is 9.63. The molecule has 3 heteroatoms. The Kier molecular flexibility index (Phi) is 3.48. The van der Waals surface area contributed by atoms with Gasteiger partial charge in [-0.2, -0.15) is 0 Å². The molecule has 1 atom stereocenters. The minimum atomic E-state index is -0.597. The lowest BCUT2D eigenvalue weighted by Gasteiger charge is -2.16. The van der Waals surface area contributed by atoms with E-state index in [1.807, 2.05) is 26.0 Å². The average Bonchev–Trinajstić information content (AvgIpc) is 2.15. The van der Waals surface area contributed by atoms with Crippen LogP contribution in [0.2, 0.25) is 0 Å². The Balaban J connectivity index is 3.32. The molecule has 0 aliphatic rings. The van der Waals surface area contributed by atoms with E-state index in [0.717, 1.165) is 16.7 Å². The molecule has 0 spiro atoms. The van der Waals surface area contributed by atoms with Gasteiger partial charge < -0.3 is 10.5 Å². The van der Waals surface area contributed by atoms with Crippen molar-refractivity contribution < 1.29 is 9.53 Å². The summed E-state index contributed by atoms with van der Waals surface area (Å²) in [5, 5.41) is 0. The van der Waals surface area contributed by atoms with E-state index in [2.05, 4.69) is 0 Å². The lowest BCUT2D eigenvalue weighted by atomic mass is 9.96. The summed E-state index contributed by atoms with van der Waals surface area (Å²) >= 11 is 0. The van der Waals surface area contributed by atoms with Crippen molar-refractivity contribution >= 4 is 5.78 Å². The number of rotatable bonds is 3. The number of aryl methyl sites for hydroxylation is 2. The third kappa shape index (κ3) is 2.36. The van der Waals surface area contributed by atoms with Crippen LogP contribution < -0.4 is 10.5 Å². The van der Waals surface area contributed by atoms with Crippen molar-refractivity contribution in [1.29, 1.82) is 0 Å². The number of Topliss-reactive ketones (excluding diaryl/α,β-unsaturated/α-hetero) is 1. The SMILES string of the molecule is COc1cc(C)cc(C)c1C(N)C(C)=O. The van der Waals surface area contributed by atoms with E-state index in [1.165, 1.54) is 6.92 Å². The smallest absolute Gasteiger partial charge is 0.151 e. The van der Waals surface area contributed by atoms with E-state index in [4.69, 9.17) is 10.5 Å². The van der Waals surface area contributed by atoms with Gasteiger partial charge in [0.05, 0.1) is 13.2 Å². The Labute approximate surface area is 90.2 Å². The lowest BCUT2D eigenvalue weighted by molar-refractivity contribution is -0.118. The average molecular weight is 207 g/mol. The van der Waals surface area contributed by atoms with Crippen LogP contribution in [0.4, 0.5) is 0 Å². The van der Waals surface area contributed by atoms with Crippen LogP contribution in [0.3, 0.4) is 0 Å². The van der Waals surface area contributed by atoms with Gasteiger partial charge in [-0.15, -0.1) is 0 Å². The van der Waals surface area contributed by atoms with Gasteiger partial charge >= 0.3 is 0 Å². The molecule has 0 aromatic heterocycles. The molecule has 2 N–H and O–H groups in total. The van der Waals surface area contributed by atoms with E-state index in [0.29, 0.717) is 5.75 Å². The predicted octanol–water partition coefficient (Wildman–Crippen LogP) is 1.90. The highest BCUT2D eigenvalue weighted by Gasteiger charge is 2.18. The standard InChI is InChI=1S/C12H17NO2/c1-7-5-8(2)11(10(6-7)15-4)12(13)9(3)14/h5-6,12H,13H2,1-4H3. The van der Waals surface area contributed by atoms with E-state index >= 15 is 0 Å². The number of ketones is 1. The Morgan fingerprint density at radius 2 is 2.00 bits per heavy atom. The molecule has 0 saturated heterocycles. The number of carbonyl (C=O) groups is 1. The minimum absolute atomic E-state index is 0.0553. The van der Waals surface area contributed by atoms with Crippen LogP contribution in [0.25, 0.3) is 0 Å². The van der Waals surface area contributed by atoms with Gasteiger partial charge in [0, 0.05) is 5.56 Å². The summed E-state index contributed by atoms with van der Waals surface area (Å²) in [5.74, 6) is 0.635. The molecule has 0 saturated carbocycles. The van der Waals surface area contributed by atoms with Gasteiger partial charge in [0.1, 0.15) is 5.75 Å². The summed E-state index contributed by atoms with van der Waals surface area (Å²) in [4.78, 5) is 11.3. The highest BCUT2D eigenvalue weighted by Crippen LogP contribution is 2.29. The fourth-order valence-corrected chi connectivity index (χ4v) is 1.71. The van der Waals surface area contributed by atoms with Crippen molar-refractivity contribution in [2.45, 2.75) is 26.8 Å². The second kappa shape index (κ2) is 4.45. The quantitative estimate of drug-likeness (QED) is 0.823. The molecule has 82 valence electrons. The van der Waals surface area contributed by atoms with Gasteiger partial charge in [0.2, 0.25) is 0 Å². The summed E-state index contributed by atoms with van der Waals surface area (Å²) in [7, 11) is 1.59. The van der Waals surface area contributed by atoms with Crippen molar-refractivity contribution in [3.63, 3.8) is 0 Å². The zero-order chi connectivity index (χ0) is 11.6. The van der Waals surface area contributed by atoms with Gasteiger partial charge in [-0.05, 0) is 38.0 Å². The molecule has 15 heavy (non-hydrogen) atoms. The van der Waals surface area contributed by atoms with Crippen molar-refractivity contribution in [3.8, 4) is 5.75 Å². The van der Waals surface area contributed by atoms with Crippen molar-refractivity contribution in [3.05, 3.63) is 28.8 Å². The highest BCUT2D eigenvalue weighted by molar-refractivity contribution is 5.84. The maximum atomic E-state index is 11.3. The van der Waals surface area contributed by atoms with Gasteiger partial charge in [-0.1, -0.05) is 6.07 Å². The Morgan fingerprint density at radius 3 is 2.47 bits per heavy atom. The molecule has 3 nitrogen and oxygen atoms in total. The van der Waals surface area contributed by atoms with E-state index in [-0.39, 0.29) is 5.78 Å². The minimum Gasteiger partial charge on any atom is -0.496 e. The maximum absolute atomic E-state index is 11.3. The Hall–Kier alpha value is -1.35. The Bertz CT molecular complexity index is 385. The van der Waals surface area contributed by atoms with E-state index < -0.39 is 6.04 Å². The molecule has 1 aromatic carbocycles. The predicted molar refractivity (Wildman–Crippen MR) is 60.1 cm³/mol. The molecule has 0 aliphatic carbocycles. The Morgan fingerprint density at radius 1 is 1.40 bits per heavy atom. The topological polar surface area (TPSA) is 52.3 Å². The zero-order valence-corrected chi connectivity index (χ0v) is 9.63. The van der Waals surface area contributed by atoms with Crippen LogP contribution in [0.5, 0.6) is 5.75 Å². The molecule has 0 radical (unpaired) electrons.